The van der Waals surface area contributed by atoms with Gasteiger partial charge in [-0.05, 0) is 35.0 Å². The third-order valence-electron chi connectivity index (χ3n) is 2.08. The zero-order chi connectivity index (χ0) is 10.8. The van der Waals surface area contributed by atoms with Crippen LogP contribution in [0.4, 0.5) is 0 Å². The molecule has 0 saturated carbocycles. The van der Waals surface area contributed by atoms with Crippen molar-refractivity contribution in [3.8, 4) is 0 Å². The maximum atomic E-state index is 9.68. The lowest BCUT2D eigenvalue weighted by Crippen LogP contribution is -2.07. The van der Waals surface area contributed by atoms with Crippen molar-refractivity contribution in [2.75, 3.05) is 6.54 Å². The molecule has 0 saturated heterocycles. The summed E-state index contributed by atoms with van der Waals surface area (Å²) >= 11 is 3.32. The van der Waals surface area contributed by atoms with Gasteiger partial charge in [0.2, 0.25) is 0 Å². The van der Waals surface area contributed by atoms with E-state index in [0.717, 1.165) is 9.99 Å². The van der Waals surface area contributed by atoms with E-state index in [4.69, 9.17) is 5.73 Å². The van der Waals surface area contributed by atoms with Crippen LogP contribution in [0.15, 0.2) is 16.7 Å². The van der Waals surface area contributed by atoms with Crippen LogP contribution < -0.4 is 5.73 Å². The highest BCUT2D eigenvalue weighted by atomic mass is 79.9. The lowest BCUT2D eigenvalue weighted by atomic mass is 10.2. The number of aromatic amines is 1. The molecule has 0 aliphatic heterocycles. The molecule has 15 heavy (non-hydrogen) atoms. The minimum absolute atomic E-state index is 0.426. The molecule has 0 radical (unpaired) electrons. The number of rotatable bonds is 3. The number of nitrogens with two attached hydrogens (primary N) is 1. The minimum atomic E-state index is -0.650. The quantitative estimate of drug-likeness (QED) is 0.780. The van der Waals surface area contributed by atoms with Gasteiger partial charge in [-0.1, -0.05) is 0 Å². The molecular formula is C9H11BrN4O. The van der Waals surface area contributed by atoms with Gasteiger partial charge in [0.05, 0.1) is 5.52 Å². The van der Waals surface area contributed by atoms with E-state index in [-0.39, 0.29) is 0 Å². The maximum Gasteiger partial charge on any atom is 0.177 e. The molecule has 1 atom stereocenters. The number of nitrogens with one attached hydrogen (secondary N) is 1. The monoisotopic (exact) mass is 270 g/mol. The van der Waals surface area contributed by atoms with Crippen molar-refractivity contribution in [2.24, 2.45) is 5.73 Å². The highest BCUT2D eigenvalue weighted by Crippen LogP contribution is 2.19. The summed E-state index contributed by atoms with van der Waals surface area (Å²) in [6.45, 7) is 0.426. The van der Waals surface area contributed by atoms with Gasteiger partial charge in [-0.2, -0.15) is 0 Å². The first kappa shape index (κ1) is 10.5. The van der Waals surface area contributed by atoms with E-state index in [0.29, 0.717) is 24.4 Å². The highest BCUT2D eigenvalue weighted by Gasteiger charge is 2.12. The number of aliphatic hydroxyl groups excluding tert-OH is 1. The number of aliphatic hydroxyl groups is 1. The number of pyridine rings is 1. The van der Waals surface area contributed by atoms with Crippen molar-refractivity contribution >= 4 is 27.1 Å². The number of fused-ring (bicyclic) bond motifs is 1. The van der Waals surface area contributed by atoms with Gasteiger partial charge in [0.1, 0.15) is 11.9 Å². The van der Waals surface area contributed by atoms with Gasteiger partial charge in [0.25, 0.3) is 0 Å². The average Bonchev–Trinajstić information content (AvgIpc) is 2.60. The first-order valence-corrected chi connectivity index (χ1v) is 5.39. The molecule has 0 aromatic carbocycles. The van der Waals surface area contributed by atoms with Crippen LogP contribution in [0, 0.1) is 0 Å². The molecule has 2 rings (SSSR count). The lowest BCUT2D eigenvalue weighted by molar-refractivity contribution is 0.162. The van der Waals surface area contributed by atoms with E-state index in [1.807, 2.05) is 6.07 Å². The molecule has 2 aromatic rings. The third kappa shape index (κ3) is 2.17. The van der Waals surface area contributed by atoms with E-state index in [1.165, 1.54) is 0 Å². The van der Waals surface area contributed by atoms with E-state index in [1.54, 1.807) is 6.20 Å². The van der Waals surface area contributed by atoms with Crippen molar-refractivity contribution in [1.82, 2.24) is 15.0 Å². The fourth-order valence-corrected chi connectivity index (χ4v) is 1.68. The number of aromatic nitrogens is 3. The SMILES string of the molecule is NCCC(O)c1nc2ncc(Br)cc2[nH]1. The molecule has 0 aliphatic carbocycles. The predicted octanol–water partition coefficient (Wildman–Crippen LogP) is 1.10. The van der Waals surface area contributed by atoms with E-state index < -0.39 is 6.10 Å². The molecule has 80 valence electrons. The summed E-state index contributed by atoms with van der Waals surface area (Å²) < 4.78 is 0.874. The fraction of sp³-hybridized carbons (Fsp3) is 0.333. The summed E-state index contributed by atoms with van der Waals surface area (Å²) in [5.41, 5.74) is 6.76. The molecule has 6 heteroatoms. The number of nitrogens with zero attached hydrogens (tertiary/aromatic N) is 2. The van der Waals surface area contributed by atoms with E-state index in [2.05, 4.69) is 30.9 Å². The first-order valence-electron chi connectivity index (χ1n) is 4.60. The Morgan fingerprint density at radius 3 is 3.13 bits per heavy atom. The summed E-state index contributed by atoms with van der Waals surface area (Å²) in [6, 6.07) is 1.87. The highest BCUT2D eigenvalue weighted by molar-refractivity contribution is 9.10. The Bertz CT molecular complexity index is 470. The fourth-order valence-electron chi connectivity index (χ4n) is 1.35. The summed E-state index contributed by atoms with van der Waals surface area (Å²) in [5, 5.41) is 9.68. The van der Waals surface area contributed by atoms with Crippen LogP contribution in [0.3, 0.4) is 0 Å². The number of halogens is 1. The Balaban J connectivity index is 2.38. The molecule has 1 unspecified atom stereocenters. The first-order chi connectivity index (χ1) is 7.20. The van der Waals surface area contributed by atoms with Crippen molar-refractivity contribution < 1.29 is 5.11 Å². The van der Waals surface area contributed by atoms with Gasteiger partial charge in [0, 0.05) is 10.7 Å². The summed E-state index contributed by atoms with van der Waals surface area (Å²) in [4.78, 5) is 11.3. The molecule has 5 nitrogen and oxygen atoms in total. The molecule has 0 bridgehead atoms. The van der Waals surface area contributed by atoms with Crippen molar-refractivity contribution in [3.05, 3.63) is 22.6 Å². The maximum absolute atomic E-state index is 9.68. The second-order valence-corrected chi connectivity index (χ2v) is 4.16. The van der Waals surface area contributed by atoms with Crippen LogP contribution in [0.2, 0.25) is 0 Å². The molecule has 0 fully saturated rings. The smallest absolute Gasteiger partial charge is 0.177 e. The summed E-state index contributed by atoms with van der Waals surface area (Å²) in [5.74, 6) is 0.515. The van der Waals surface area contributed by atoms with Crippen LogP contribution in [0.5, 0.6) is 0 Å². The standard InChI is InChI=1S/C9H11BrN4O/c10-5-3-6-8(12-4-5)14-9(13-6)7(15)1-2-11/h3-4,7,15H,1-2,11H2,(H,12,13,14). The van der Waals surface area contributed by atoms with Crippen molar-refractivity contribution in [2.45, 2.75) is 12.5 Å². The second-order valence-electron chi connectivity index (χ2n) is 3.24. The zero-order valence-electron chi connectivity index (χ0n) is 7.94. The Labute approximate surface area is 94.9 Å². The topological polar surface area (TPSA) is 87.8 Å². The van der Waals surface area contributed by atoms with E-state index >= 15 is 0 Å². The van der Waals surface area contributed by atoms with Crippen LogP contribution in [0.1, 0.15) is 18.3 Å². The molecule has 4 N–H and O–H groups in total. The molecule has 0 aliphatic rings. The van der Waals surface area contributed by atoms with Crippen molar-refractivity contribution in [3.63, 3.8) is 0 Å². The molecule has 0 amide bonds. The summed E-state index contributed by atoms with van der Waals surface area (Å²) in [7, 11) is 0. The van der Waals surface area contributed by atoms with Gasteiger partial charge in [-0.15, -0.1) is 0 Å². The predicted molar refractivity (Wildman–Crippen MR) is 60.2 cm³/mol. The Kier molecular flexibility index (Phi) is 2.99. The van der Waals surface area contributed by atoms with Crippen LogP contribution in [-0.2, 0) is 0 Å². The van der Waals surface area contributed by atoms with Crippen molar-refractivity contribution in [1.29, 1.82) is 0 Å². The summed E-state index contributed by atoms with van der Waals surface area (Å²) in [6.07, 6.45) is 1.51. The number of H-pyrrole nitrogens is 1. The van der Waals surface area contributed by atoms with Gasteiger partial charge in [-0.3, -0.25) is 0 Å². The van der Waals surface area contributed by atoms with Gasteiger partial charge in [0.15, 0.2) is 5.65 Å². The van der Waals surface area contributed by atoms with Gasteiger partial charge >= 0.3 is 0 Å². The van der Waals surface area contributed by atoms with Gasteiger partial charge in [-0.25, -0.2) is 9.97 Å². The largest absolute Gasteiger partial charge is 0.385 e. The van der Waals surface area contributed by atoms with Crippen LogP contribution in [-0.4, -0.2) is 26.6 Å². The zero-order valence-corrected chi connectivity index (χ0v) is 9.53. The molecule has 2 aromatic heterocycles. The van der Waals surface area contributed by atoms with Gasteiger partial charge < -0.3 is 15.8 Å². The lowest BCUT2D eigenvalue weighted by Gasteiger charge is -2.03. The minimum Gasteiger partial charge on any atom is -0.385 e. The normalized spacial score (nSPS) is 13.3. The number of hydrogen-bond donors (Lipinski definition) is 3. The average molecular weight is 271 g/mol. The van der Waals surface area contributed by atoms with Crippen LogP contribution in [0.25, 0.3) is 11.2 Å². The Morgan fingerprint density at radius 2 is 2.40 bits per heavy atom. The molecule has 2 heterocycles. The second kappa shape index (κ2) is 4.26. The third-order valence-corrected chi connectivity index (χ3v) is 2.51. The molecular weight excluding hydrogens is 260 g/mol. The van der Waals surface area contributed by atoms with Crippen LogP contribution >= 0.6 is 15.9 Å². The Hall–Kier alpha value is -0.980. The Morgan fingerprint density at radius 1 is 1.60 bits per heavy atom. The van der Waals surface area contributed by atoms with E-state index in [9.17, 15) is 5.11 Å². The molecule has 0 spiro atoms. The number of hydrogen-bond acceptors (Lipinski definition) is 4. The number of imidazole rings is 1.